The number of phenols is 1. The number of phenolic OH excluding ortho intramolecular Hbond substituents is 1. The lowest BCUT2D eigenvalue weighted by Gasteiger charge is -2.24. The van der Waals surface area contributed by atoms with Crippen molar-refractivity contribution in [1.29, 1.82) is 0 Å². The summed E-state index contributed by atoms with van der Waals surface area (Å²) in [6, 6.07) is 10.3. The molecule has 0 radical (unpaired) electrons. The molecule has 4 bridgehead atoms. The van der Waals surface area contributed by atoms with Crippen molar-refractivity contribution in [3.05, 3.63) is 47.5 Å². The van der Waals surface area contributed by atoms with E-state index in [1.165, 1.54) is 0 Å². The van der Waals surface area contributed by atoms with E-state index in [0.29, 0.717) is 44.0 Å². The minimum Gasteiger partial charge on any atom is -0.504 e. The number of fused-ring (bicyclic) bond motifs is 6. The van der Waals surface area contributed by atoms with E-state index >= 15 is 0 Å². The Morgan fingerprint density at radius 3 is 2.76 bits per heavy atom. The quantitative estimate of drug-likeness (QED) is 0.661. The van der Waals surface area contributed by atoms with Crippen molar-refractivity contribution in [2.24, 2.45) is 0 Å². The summed E-state index contributed by atoms with van der Waals surface area (Å²) >= 11 is 0. The Bertz CT molecular complexity index is 1200. The number of carbonyl (C=O) groups is 3. The van der Waals surface area contributed by atoms with Gasteiger partial charge in [-0.15, -0.1) is 0 Å². The van der Waals surface area contributed by atoms with Gasteiger partial charge in [-0.05, 0) is 54.7 Å². The van der Waals surface area contributed by atoms with Crippen LogP contribution in [0.1, 0.15) is 49.1 Å². The van der Waals surface area contributed by atoms with Crippen LogP contribution in [0, 0.1) is 0 Å². The number of benzene rings is 2. The van der Waals surface area contributed by atoms with E-state index < -0.39 is 0 Å². The molecule has 2 fully saturated rings. The van der Waals surface area contributed by atoms with Gasteiger partial charge in [0.25, 0.3) is 0 Å². The molecule has 3 aliphatic rings. The van der Waals surface area contributed by atoms with Crippen LogP contribution in [0.5, 0.6) is 23.0 Å². The topological polar surface area (TPSA) is 108 Å². The van der Waals surface area contributed by atoms with Crippen molar-refractivity contribution in [2.75, 3.05) is 33.3 Å². The molecule has 196 valence electrons. The third-order valence-electron chi connectivity index (χ3n) is 7.52. The lowest BCUT2D eigenvalue weighted by molar-refractivity contribution is -0.139. The van der Waals surface area contributed by atoms with Gasteiger partial charge in [-0.25, -0.2) is 0 Å². The van der Waals surface area contributed by atoms with Crippen molar-refractivity contribution in [3.63, 3.8) is 0 Å². The molecule has 9 heteroatoms. The van der Waals surface area contributed by atoms with E-state index in [9.17, 15) is 19.5 Å². The van der Waals surface area contributed by atoms with E-state index in [2.05, 4.69) is 5.32 Å². The van der Waals surface area contributed by atoms with Crippen molar-refractivity contribution in [1.82, 2.24) is 15.1 Å². The van der Waals surface area contributed by atoms with Crippen molar-refractivity contribution in [2.45, 2.75) is 50.5 Å². The van der Waals surface area contributed by atoms with E-state index in [0.717, 1.165) is 30.4 Å². The molecule has 5 rings (SSSR count). The van der Waals surface area contributed by atoms with E-state index in [1.807, 2.05) is 12.1 Å². The second kappa shape index (κ2) is 10.7. The predicted octanol–water partition coefficient (Wildman–Crippen LogP) is 2.95. The maximum atomic E-state index is 13.3. The predicted molar refractivity (Wildman–Crippen MR) is 136 cm³/mol. The normalized spacial score (nSPS) is 22.0. The Balaban J connectivity index is 1.43. The molecule has 3 heterocycles. The highest BCUT2D eigenvalue weighted by molar-refractivity contribution is 5.85. The van der Waals surface area contributed by atoms with Crippen LogP contribution < -0.4 is 14.8 Å². The zero-order chi connectivity index (χ0) is 25.9. The smallest absolute Gasteiger partial charge is 0.242 e. The fraction of sp³-hybridized carbons (Fsp3) is 0.464. The summed E-state index contributed by atoms with van der Waals surface area (Å²) in [5.74, 6) is 0.885. The molecule has 0 spiro atoms. The number of aromatic hydroxyl groups is 1. The average molecular weight is 508 g/mol. The molecule has 3 aliphatic heterocycles. The summed E-state index contributed by atoms with van der Waals surface area (Å²) in [5.41, 5.74) is 1.75. The number of carbonyl (C=O) groups excluding carboxylic acids is 3. The third-order valence-corrected chi connectivity index (χ3v) is 7.52. The Hall–Kier alpha value is -3.75. The first-order valence-corrected chi connectivity index (χ1v) is 12.9. The van der Waals surface area contributed by atoms with Gasteiger partial charge in [-0.1, -0.05) is 18.6 Å². The number of hydrogen-bond donors (Lipinski definition) is 2. The molecule has 3 amide bonds. The summed E-state index contributed by atoms with van der Waals surface area (Å²) < 4.78 is 11.6. The van der Waals surface area contributed by atoms with Gasteiger partial charge in [0, 0.05) is 38.4 Å². The Labute approximate surface area is 216 Å². The first-order valence-electron chi connectivity index (χ1n) is 12.9. The second-order valence-corrected chi connectivity index (χ2v) is 10.0. The van der Waals surface area contributed by atoms with Gasteiger partial charge in [0.1, 0.15) is 0 Å². The van der Waals surface area contributed by atoms with Crippen LogP contribution in [0.15, 0.2) is 36.4 Å². The zero-order valence-corrected chi connectivity index (χ0v) is 21.1. The van der Waals surface area contributed by atoms with Gasteiger partial charge in [-0.3, -0.25) is 14.4 Å². The van der Waals surface area contributed by atoms with E-state index in [-0.39, 0.29) is 54.1 Å². The third kappa shape index (κ3) is 5.50. The minimum atomic E-state index is -0.283. The number of amides is 3. The maximum Gasteiger partial charge on any atom is 0.242 e. The van der Waals surface area contributed by atoms with Gasteiger partial charge < -0.3 is 29.7 Å². The Kier molecular flexibility index (Phi) is 7.21. The first kappa shape index (κ1) is 24.9. The molecule has 2 aromatic carbocycles. The summed E-state index contributed by atoms with van der Waals surface area (Å²) in [4.78, 5) is 42.1. The van der Waals surface area contributed by atoms with Crippen LogP contribution in [-0.4, -0.2) is 72.0 Å². The Morgan fingerprint density at radius 1 is 1.05 bits per heavy atom. The minimum absolute atomic E-state index is 0.00546. The summed E-state index contributed by atoms with van der Waals surface area (Å²) in [7, 11) is 1.55. The lowest BCUT2D eigenvalue weighted by Crippen LogP contribution is -2.44. The monoisotopic (exact) mass is 507 g/mol. The molecule has 0 aliphatic carbocycles. The molecule has 2 aromatic rings. The molecule has 0 unspecified atom stereocenters. The second-order valence-electron chi connectivity index (χ2n) is 10.0. The van der Waals surface area contributed by atoms with Gasteiger partial charge >= 0.3 is 0 Å². The maximum absolute atomic E-state index is 13.3. The number of likely N-dealkylation sites (tertiary alicyclic amines) is 2. The molecule has 0 aromatic heterocycles. The number of nitrogens with one attached hydrogen (secondary N) is 1. The highest BCUT2D eigenvalue weighted by atomic mass is 16.5. The fourth-order valence-corrected chi connectivity index (χ4v) is 5.42. The summed E-state index contributed by atoms with van der Waals surface area (Å²) in [6.07, 6.45) is 4.01. The van der Waals surface area contributed by atoms with Crippen molar-refractivity contribution < 1.29 is 29.0 Å². The Morgan fingerprint density at radius 2 is 1.92 bits per heavy atom. The molecule has 2 N–H and O–H groups in total. The highest BCUT2D eigenvalue weighted by Crippen LogP contribution is 2.40. The zero-order valence-electron chi connectivity index (χ0n) is 21.1. The van der Waals surface area contributed by atoms with Crippen LogP contribution in [0.25, 0.3) is 0 Å². The van der Waals surface area contributed by atoms with Gasteiger partial charge in [-0.2, -0.15) is 0 Å². The molecule has 37 heavy (non-hydrogen) atoms. The number of methoxy groups -OCH3 is 1. The molecule has 2 atom stereocenters. The van der Waals surface area contributed by atoms with E-state index in [4.69, 9.17) is 9.47 Å². The number of ether oxygens (including phenoxy) is 2. The van der Waals surface area contributed by atoms with Crippen molar-refractivity contribution in [3.8, 4) is 23.0 Å². The molecule has 2 saturated heterocycles. The van der Waals surface area contributed by atoms with E-state index in [1.54, 1.807) is 41.2 Å². The molecule has 9 nitrogen and oxygen atoms in total. The van der Waals surface area contributed by atoms with Crippen molar-refractivity contribution >= 4 is 17.7 Å². The number of hydrogen-bond acceptors (Lipinski definition) is 6. The van der Waals surface area contributed by atoms with Crippen LogP contribution >= 0.6 is 0 Å². The molecular formula is C28H33N3O6. The molecule has 0 saturated carbocycles. The van der Waals surface area contributed by atoms with Gasteiger partial charge in [0.2, 0.25) is 17.7 Å². The average Bonchev–Trinajstić information content (AvgIpc) is 3.20. The van der Waals surface area contributed by atoms with Crippen LogP contribution in [0.3, 0.4) is 0 Å². The number of aryl methyl sites for hydroxylation is 1. The largest absolute Gasteiger partial charge is 0.504 e. The fourth-order valence-electron chi connectivity index (χ4n) is 5.42. The summed E-state index contributed by atoms with van der Waals surface area (Å²) in [5, 5.41) is 13.5. The first-order chi connectivity index (χ1) is 17.9. The SMILES string of the molecule is COc1ccc2cc1Oc1cc(ccc1O)CCC(=O)N[C@@H]1CN(C(=O)CN3CCCCCC3=O)C[C@@H]21. The standard InChI is InChI=1S/C28H33N3O6/c1-36-23-10-8-19-14-25(23)37-24-13-18(6-9-22(24)32)7-11-26(33)29-21-16-31(15-20(19)21)28(35)17-30-12-4-2-3-5-27(30)34/h6,8-10,13-14,20-21,32H,2-5,7,11-12,15-17H2,1H3,(H,29,33)/t20-,21+/m0/s1. The van der Waals surface area contributed by atoms with Crippen LogP contribution in [0.4, 0.5) is 0 Å². The summed E-state index contributed by atoms with van der Waals surface area (Å²) in [6.45, 7) is 1.45. The number of rotatable bonds is 3. The molecular weight excluding hydrogens is 474 g/mol. The highest BCUT2D eigenvalue weighted by Gasteiger charge is 2.38. The lowest BCUT2D eigenvalue weighted by atomic mass is 9.93. The van der Waals surface area contributed by atoms with Gasteiger partial charge in [0.15, 0.2) is 23.0 Å². The van der Waals surface area contributed by atoms with Gasteiger partial charge in [0.05, 0.1) is 19.7 Å². The van der Waals surface area contributed by atoms with Crippen LogP contribution in [0.2, 0.25) is 0 Å². The number of nitrogens with zero attached hydrogens (tertiary/aromatic N) is 2. The van der Waals surface area contributed by atoms with Crippen LogP contribution in [-0.2, 0) is 20.8 Å².